The van der Waals surface area contributed by atoms with Crippen LogP contribution in [-0.4, -0.2) is 19.0 Å². The van der Waals surface area contributed by atoms with Crippen molar-refractivity contribution in [3.05, 3.63) is 90.0 Å². The topological polar surface area (TPSA) is 87.6 Å². The van der Waals surface area contributed by atoms with Gasteiger partial charge in [-0.05, 0) is 67.7 Å². The van der Waals surface area contributed by atoms with E-state index in [1.54, 1.807) is 24.3 Å². The minimum absolute atomic E-state index is 0.00624. The molecule has 5 heteroatoms. The Hall–Kier alpha value is -3.73. The van der Waals surface area contributed by atoms with E-state index in [0.717, 1.165) is 37.0 Å². The fraction of sp³-hybridized carbons (Fsp3) is 0.222. The second-order valence-corrected chi connectivity index (χ2v) is 7.54. The highest BCUT2D eigenvalue weighted by Gasteiger charge is 2.01. The van der Waals surface area contributed by atoms with Crippen LogP contribution in [0.5, 0.6) is 11.5 Å². The largest absolute Gasteiger partial charge is 0.494 e. The Morgan fingerprint density at radius 2 is 1.47 bits per heavy atom. The van der Waals surface area contributed by atoms with Crippen LogP contribution in [0.3, 0.4) is 0 Å². The molecule has 3 aromatic rings. The van der Waals surface area contributed by atoms with Crippen molar-refractivity contribution in [2.45, 2.75) is 25.7 Å². The van der Waals surface area contributed by atoms with E-state index >= 15 is 0 Å². The van der Waals surface area contributed by atoms with E-state index < -0.39 is 0 Å². The first-order chi connectivity index (χ1) is 15.6. The van der Waals surface area contributed by atoms with Crippen LogP contribution in [0, 0.1) is 0 Å². The molecule has 0 saturated carbocycles. The molecular formula is C27H30N2O3. The van der Waals surface area contributed by atoms with Crippen molar-refractivity contribution in [2.24, 2.45) is 0 Å². The maximum Gasteiger partial charge on any atom is 0.185 e. The molecule has 0 bridgehead atoms. The average molecular weight is 431 g/mol. The number of hydrogen-bond donors (Lipinski definition) is 2. The molecule has 166 valence electrons. The molecule has 0 heterocycles. The van der Waals surface area contributed by atoms with Gasteiger partial charge in [0.25, 0.3) is 0 Å². The molecule has 5 nitrogen and oxygen atoms in total. The van der Waals surface area contributed by atoms with E-state index in [1.165, 1.54) is 0 Å². The first-order valence-electron chi connectivity index (χ1n) is 10.9. The zero-order valence-corrected chi connectivity index (χ0v) is 18.2. The minimum atomic E-state index is -0.00624. The number of hydrogen-bond acceptors (Lipinski definition) is 5. The summed E-state index contributed by atoms with van der Waals surface area (Å²) in [4.78, 5) is 12.1. The lowest BCUT2D eigenvalue weighted by Gasteiger charge is -2.09. The summed E-state index contributed by atoms with van der Waals surface area (Å²) in [5.74, 6) is 1.51. The van der Waals surface area contributed by atoms with Crippen LogP contribution in [0.4, 0.5) is 11.4 Å². The SMILES string of the molecule is Nc1ccc(OCCCCCCOc2ccc(/C=C/C(=O)c3ccccc3)cc2)c(N)c1. The number of nitrogen functional groups attached to an aromatic ring is 2. The van der Waals surface area contributed by atoms with Crippen molar-refractivity contribution in [3.63, 3.8) is 0 Å². The molecule has 0 fully saturated rings. The van der Waals surface area contributed by atoms with E-state index in [-0.39, 0.29) is 5.78 Å². The smallest absolute Gasteiger partial charge is 0.185 e. The van der Waals surface area contributed by atoms with Gasteiger partial charge in [0.1, 0.15) is 11.5 Å². The van der Waals surface area contributed by atoms with Crippen molar-refractivity contribution in [1.29, 1.82) is 0 Å². The molecule has 0 radical (unpaired) electrons. The summed E-state index contributed by atoms with van der Waals surface area (Å²) >= 11 is 0. The van der Waals surface area contributed by atoms with Gasteiger partial charge in [-0.2, -0.15) is 0 Å². The molecule has 0 spiro atoms. The third-order valence-corrected chi connectivity index (χ3v) is 4.96. The summed E-state index contributed by atoms with van der Waals surface area (Å²) < 4.78 is 11.5. The predicted molar refractivity (Wildman–Crippen MR) is 131 cm³/mol. The van der Waals surface area contributed by atoms with Gasteiger partial charge in [-0.15, -0.1) is 0 Å². The highest BCUT2D eigenvalue weighted by atomic mass is 16.5. The van der Waals surface area contributed by atoms with E-state index in [0.29, 0.717) is 35.9 Å². The number of ketones is 1. The zero-order chi connectivity index (χ0) is 22.6. The standard InChI is InChI=1S/C27H30N2O3/c28-23-13-17-27(25(29)20-23)32-19-7-2-1-6-18-31-24-14-10-21(11-15-24)12-16-26(30)22-8-4-3-5-9-22/h3-5,8-17,20H,1-2,6-7,18-19,28-29H2/b16-12+. The third kappa shape index (κ3) is 7.51. The second-order valence-electron chi connectivity index (χ2n) is 7.54. The van der Waals surface area contributed by atoms with E-state index in [4.69, 9.17) is 20.9 Å². The van der Waals surface area contributed by atoms with E-state index in [2.05, 4.69) is 0 Å². The van der Waals surface area contributed by atoms with Gasteiger partial charge in [-0.25, -0.2) is 0 Å². The Morgan fingerprint density at radius 3 is 2.16 bits per heavy atom. The Morgan fingerprint density at radius 1 is 0.781 bits per heavy atom. The van der Waals surface area contributed by atoms with Gasteiger partial charge in [0, 0.05) is 11.3 Å². The van der Waals surface area contributed by atoms with Gasteiger partial charge < -0.3 is 20.9 Å². The lowest BCUT2D eigenvalue weighted by Crippen LogP contribution is -2.02. The number of nitrogens with two attached hydrogens (primary N) is 2. The van der Waals surface area contributed by atoms with Gasteiger partial charge in [0.15, 0.2) is 5.78 Å². The maximum absolute atomic E-state index is 12.1. The van der Waals surface area contributed by atoms with Crippen molar-refractivity contribution in [3.8, 4) is 11.5 Å². The molecule has 0 aliphatic carbocycles. The molecule has 0 saturated heterocycles. The Balaban J connectivity index is 1.28. The summed E-state index contributed by atoms with van der Waals surface area (Å²) in [6.07, 6.45) is 7.50. The van der Waals surface area contributed by atoms with Crippen LogP contribution in [-0.2, 0) is 0 Å². The van der Waals surface area contributed by atoms with E-state index in [9.17, 15) is 4.79 Å². The molecule has 4 N–H and O–H groups in total. The third-order valence-electron chi connectivity index (χ3n) is 4.96. The van der Waals surface area contributed by atoms with Crippen molar-refractivity contribution < 1.29 is 14.3 Å². The van der Waals surface area contributed by atoms with Gasteiger partial charge in [-0.1, -0.05) is 48.5 Å². The number of carbonyl (C=O) groups excluding carboxylic acids is 1. The van der Waals surface area contributed by atoms with Crippen molar-refractivity contribution in [2.75, 3.05) is 24.7 Å². The molecule has 32 heavy (non-hydrogen) atoms. The monoisotopic (exact) mass is 430 g/mol. The number of anilines is 2. The maximum atomic E-state index is 12.1. The van der Waals surface area contributed by atoms with E-state index in [1.807, 2.05) is 60.7 Å². The molecule has 3 aromatic carbocycles. The number of ether oxygens (including phenoxy) is 2. The first-order valence-corrected chi connectivity index (χ1v) is 10.9. The van der Waals surface area contributed by atoms with Crippen LogP contribution in [0.25, 0.3) is 6.08 Å². The van der Waals surface area contributed by atoms with Gasteiger partial charge in [0.2, 0.25) is 0 Å². The van der Waals surface area contributed by atoms with Crippen molar-refractivity contribution in [1.82, 2.24) is 0 Å². The molecular weight excluding hydrogens is 400 g/mol. The average Bonchev–Trinajstić information content (AvgIpc) is 2.81. The van der Waals surface area contributed by atoms with Crippen LogP contribution in [0.2, 0.25) is 0 Å². The van der Waals surface area contributed by atoms with Crippen molar-refractivity contribution >= 4 is 23.2 Å². The number of rotatable bonds is 12. The molecule has 0 atom stereocenters. The predicted octanol–water partition coefficient (Wildman–Crippen LogP) is 5.77. The summed E-state index contributed by atoms with van der Waals surface area (Å²) in [6, 6.07) is 22.3. The van der Waals surface area contributed by atoms with Gasteiger partial charge in [0.05, 0.1) is 18.9 Å². The second kappa shape index (κ2) is 12.2. The molecule has 0 amide bonds. The summed E-state index contributed by atoms with van der Waals surface area (Å²) in [6.45, 7) is 1.31. The minimum Gasteiger partial charge on any atom is -0.494 e. The Labute approximate surface area is 189 Å². The Bertz CT molecular complexity index is 1010. The van der Waals surface area contributed by atoms with Crippen LogP contribution in [0.1, 0.15) is 41.6 Å². The lowest BCUT2D eigenvalue weighted by molar-refractivity contribution is 0.104. The summed E-state index contributed by atoms with van der Waals surface area (Å²) in [5, 5.41) is 0. The summed E-state index contributed by atoms with van der Waals surface area (Å²) in [5.41, 5.74) is 14.4. The van der Waals surface area contributed by atoms with Crippen LogP contribution < -0.4 is 20.9 Å². The normalized spacial score (nSPS) is 10.9. The fourth-order valence-corrected chi connectivity index (χ4v) is 3.17. The molecule has 0 aliphatic rings. The number of unbranched alkanes of at least 4 members (excludes halogenated alkanes) is 3. The Kier molecular flexibility index (Phi) is 8.75. The molecule has 0 aromatic heterocycles. The van der Waals surface area contributed by atoms with Crippen LogP contribution in [0.15, 0.2) is 78.9 Å². The fourth-order valence-electron chi connectivity index (χ4n) is 3.17. The number of benzene rings is 3. The van der Waals surface area contributed by atoms with Gasteiger partial charge in [-0.3, -0.25) is 4.79 Å². The van der Waals surface area contributed by atoms with Gasteiger partial charge >= 0.3 is 0 Å². The molecule has 3 rings (SSSR count). The molecule has 0 aliphatic heterocycles. The first kappa shape index (κ1) is 22.9. The zero-order valence-electron chi connectivity index (χ0n) is 18.2. The highest BCUT2D eigenvalue weighted by Crippen LogP contribution is 2.23. The van der Waals surface area contributed by atoms with Crippen LogP contribution >= 0.6 is 0 Å². The quantitative estimate of drug-likeness (QED) is 0.165. The number of allylic oxidation sites excluding steroid dienone is 1. The lowest BCUT2D eigenvalue weighted by atomic mass is 10.1. The molecule has 0 unspecified atom stereocenters. The highest BCUT2D eigenvalue weighted by molar-refractivity contribution is 6.06. The number of carbonyl (C=O) groups is 1. The summed E-state index contributed by atoms with van der Waals surface area (Å²) in [7, 11) is 0.